The van der Waals surface area contributed by atoms with Gasteiger partial charge in [-0.3, -0.25) is 4.90 Å². The van der Waals surface area contributed by atoms with E-state index in [4.69, 9.17) is 10.5 Å². The Morgan fingerprint density at radius 3 is 2.50 bits per heavy atom. The van der Waals surface area contributed by atoms with Crippen LogP contribution in [0.25, 0.3) is 0 Å². The van der Waals surface area contributed by atoms with Gasteiger partial charge in [0, 0.05) is 18.6 Å². The molecule has 2 saturated heterocycles. The number of ether oxygens (including phenoxy) is 1. The van der Waals surface area contributed by atoms with Crippen molar-refractivity contribution in [2.75, 3.05) is 19.6 Å². The van der Waals surface area contributed by atoms with E-state index in [1.807, 2.05) is 0 Å². The molecular formula is C15H30N2O. The smallest absolute Gasteiger partial charge is 0.0568 e. The summed E-state index contributed by atoms with van der Waals surface area (Å²) < 4.78 is 5.89. The van der Waals surface area contributed by atoms with E-state index < -0.39 is 0 Å². The quantitative estimate of drug-likeness (QED) is 0.837. The first-order chi connectivity index (χ1) is 8.59. The van der Waals surface area contributed by atoms with Gasteiger partial charge < -0.3 is 10.5 Å². The van der Waals surface area contributed by atoms with Gasteiger partial charge in [-0.25, -0.2) is 0 Å². The van der Waals surface area contributed by atoms with E-state index in [2.05, 4.69) is 25.7 Å². The van der Waals surface area contributed by atoms with Crippen molar-refractivity contribution < 1.29 is 4.74 Å². The summed E-state index contributed by atoms with van der Waals surface area (Å²) in [4.78, 5) is 2.68. The van der Waals surface area contributed by atoms with Crippen LogP contribution in [0.5, 0.6) is 0 Å². The van der Waals surface area contributed by atoms with Gasteiger partial charge in [0.25, 0.3) is 0 Å². The zero-order valence-electron chi connectivity index (χ0n) is 12.3. The molecule has 2 N–H and O–H groups in total. The first-order valence-electron chi connectivity index (χ1n) is 7.70. The molecule has 3 nitrogen and oxygen atoms in total. The molecule has 0 aromatic rings. The fraction of sp³-hybridized carbons (Fsp3) is 1.00. The predicted molar refractivity (Wildman–Crippen MR) is 75.6 cm³/mol. The van der Waals surface area contributed by atoms with E-state index in [0.29, 0.717) is 12.2 Å². The predicted octanol–water partition coefficient (Wildman–Crippen LogP) is 2.39. The molecule has 2 fully saturated rings. The van der Waals surface area contributed by atoms with Gasteiger partial charge in [0.05, 0.1) is 12.2 Å². The third-order valence-electron chi connectivity index (χ3n) is 4.83. The van der Waals surface area contributed by atoms with E-state index >= 15 is 0 Å². The number of nitrogens with two attached hydrogens (primary N) is 1. The number of hydrogen-bond acceptors (Lipinski definition) is 3. The second-order valence-electron chi connectivity index (χ2n) is 6.48. The molecule has 2 aliphatic rings. The number of nitrogens with zero attached hydrogens (tertiary/aromatic N) is 1. The molecule has 0 aliphatic carbocycles. The van der Waals surface area contributed by atoms with Crippen molar-refractivity contribution in [1.82, 2.24) is 4.90 Å². The summed E-state index contributed by atoms with van der Waals surface area (Å²) in [6, 6.07) is 0. The van der Waals surface area contributed by atoms with Crippen LogP contribution in [-0.4, -0.2) is 42.3 Å². The molecule has 0 aromatic heterocycles. The molecule has 3 atom stereocenters. The third-order valence-corrected chi connectivity index (χ3v) is 4.83. The van der Waals surface area contributed by atoms with E-state index in [-0.39, 0.29) is 5.54 Å². The summed E-state index contributed by atoms with van der Waals surface area (Å²) in [7, 11) is 0. The minimum atomic E-state index is 0.208. The van der Waals surface area contributed by atoms with Crippen LogP contribution in [0.2, 0.25) is 0 Å². The fourth-order valence-electron chi connectivity index (χ4n) is 4.11. The van der Waals surface area contributed by atoms with Crippen molar-refractivity contribution in [3.63, 3.8) is 0 Å². The topological polar surface area (TPSA) is 38.5 Å². The van der Waals surface area contributed by atoms with Gasteiger partial charge in [0.15, 0.2) is 0 Å². The van der Waals surface area contributed by atoms with Gasteiger partial charge in [-0.05, 0) is 52.0 Å². The number of likely N-dealkylation sites (tertiary alicyclic amines) is 1. The Bertz CT molecular complexity index is 259. The van der Waals surface area contributed by atoms with Crippen LogP contribution < -0.4 is 5.73 Å². The van der Waals surface area contributed by atoms with E-state index in [1.165, 1.54) is 32.4 Å². The molecule has 3 unspecified atom stereocenters. The van der Waals surface area contributed by atoms with Crippen LogP contribution in [0.1, 0.15) is 52.9 Å². The van der Waals surface area contributed by atoms with E-state index in [1.54, 1.807) is 0 Å². The average Bonchev–Trinajstić information content (AvgIpc) is 2.77. The minimum Gasteiger partial charge on any atom is -0.375 e. The van der Waals surface area contributed by atoms with Crippen LogP contribution in [0.15, 0.2) is 0 Å². The lowest BCUT2D eigenvalue weighted by atomic mass is 9.82. The summed E-state index contributed by atoms with van der Waals surface area (Å²) in [5.74, 6) is 0.895. The average molecular weight is 254 g/mol. The summed E-state index contributed by atoms with van der Waals surface area (Å²) in [6.07, 6.45) is 6.95. The maximum absolute atomic E-state index is 6.16. The Morgan fingerprint density at radius 1 is 1.28 bits per heavy atom. The highest BCUT2D eigenvalue weighted by molar-refractivity contribution is 5.00. The Balaban J connectivity index is 2.03. The lowest BCUT2D eigenvalue weighted by Crippen LogP contribution is -2.59. The van der Waals surface area contributed by atoms with Crippen LogP contribution in [0.4, 0.5) is 0 Å². The highest BCUT2D eigenvalue weighted by Gasteiger charge is 2.44. The van der Waals surface area contributed by atoms with Crippen molar-refractivity contribution >= 4 is 0 Å². The second kappa shape index (κ2) is 5.89. The molecule has 3 heteroatoms. The Labute approximate surface area is 112 Å². The SMILES string of the molecule is CCCC1CCN(C2(CN)CC(C)OC(C)C2)C1. The standard InChI is InChI=1S/C15H30N2O/c1-4-5-14-6-7-17(10-14)15(11-16)8-12(2)18-13(3)9-15/h12-14H,4-11,16H2,1-3H3. The molecular weight excluding hydrogens is 224 g/mol. The Morgan fingerprint density at radius 2 is 1.94 bits per heavy atom. The molecule has 2 rings (SSSR count). The summed E-state index contributed by atoms with van der Waals surface area (Å²) in [5, 5.41) is 0. The number of hydrogen-bond donors (Lipinski definition) is 1. The molecule has 0 saturated carbocycles. The second-order valence-corrected chi connectivity index (χ2v) is 6.48. The fourth-order valence-corrected chi connectivity index (χ4v) is 4.11. The van der Waals surface area contributed by atoms with Crippen LogP contribution in [0.3, 0.4) is 0 Å². The van der Waals surface area contributed by atoms with Crippen molar-refractivity contribution in [3.05, 3.63) is 0 Å². The lowest BCUT2D eigenvalue weighted by molar-refractivity contribution is -0.0989. The van der Waals surface area contributed by atoms with Crippen LogP contribution in [-0.2, 0) is 4.74 Å². The van der Waals surface area contributed by atoms with Gasteiger partial charge in [-0.2, -0.15) is 0 Å². The van der Waals surface area contributed by atoms with Crippen molar-refractivity contribution in [1.29, 1.82) is 0 Å². The Kier molecular flexibility index (Phi) is 4.68. The van der Waals surface area contributed by atoms with Gasteiger partial charge in [-0.1, -0.05) is 13.3 Å². The third kappa shape index (κ3) is 2.89. The molecule has 106 valence electrons. The first kappa shape index (κ1) is 14.3. The highest BCUT2D eigenvalue weighted by Crippen LogP contribution is 2.37. The monoisotopic (exact) mass is 254 g/mol. The van der Waals surface area contributed by atoms with Crippen LogP contribution in [0, 0.1) is 5.92 Å². The highest BCUT2D eigenvalue weighted by atomic mass is 16.5. The Hall–Kier alpha value is -0.120. The summed E-state index contributed by atoms with van der Waals surface area (Å²) >= 11 is 0. The molecule has 0 radical (unpaired) electrons. The number of rotatable bonds is 4. The summed E-state index contributed by atoms with van der Waals surface area (Å²) in [6.45, 7) is 9.95. The lowest BCUT2D eigenvalue weighted by Gasteiger charge is -2.48. The van der Waals surface area contributed by atoms with Crippen LogP contribution >= 0.6 is 0 Å². The van der Waals surface area contributed by atoms with Gasteiger partial charge in [0.1, 0.15) is 0 Å². The van der Waals surface area contributed by atoms with Gasteiger partial charge >= 0.3 is 0 Å². The van der Waals surface area contributed by atoms with Crippen molar-refractivity contribution in [2.24, 2.45) is 11.7 Å². The zero-order chi connectivity index (χ0) is 13.2. The maximum Gasteiger partial charge on any atom is 0.0568 e. The molecule has 18 heavy (non-hydrogen) atoms. The largest absolute Gasteiger partial charge is 0.375 e. The molecule has 2 heterocycles. The normalized spacial score (nSPS) is 42.3. The zero-order valence-corrected chi connectivity index (χ0v) is 12.3. The molecule has 0 aromatic carbocycles. The van der Waals surface area contributed by atoms with Crippen molar-refractivity contribution in [3.8, 4) is 0 Å². The van der Waals surface area contributed by atoms with E-state index in [0.717, 1.165) is 25.3 Å². The van der Waals surface area contributed by atoms with Crippen molar-refractivity contribution in [2.45, 2.75) is 70.6 Å². The maximum atomic E-state index is 6.16. The summed E-state index contributed by atoms with van der Waals surface area (Å²) in [5.41, 5.74) is 6.37. The molecule has 0 amide bonds. The molecule has 2 aliphatic heterocycles. The van der Waals surface area contributed by atoms with E-state index in [9.17, 15) is 0 Å². The molecule has 0 spiro atoms. The first-order valence-corrected chi connectivity index (χ1v) is 7.70. The minimum absolute atomic E-state index is 0.208. The van der Waals surface area contributed by atoms with Gasteiger partial charge in [0.2, 0.25) is 0 Å². The molecule has 0 bridgehead atoms. The van der Waals surface area contributed by atoms with Gasteiger partial charge in [-0.15, -0.1) is 0 Å².